The number of thiophene rings is 1. The van der Waals surface area contributed by atoms with Crippen molar-refractivity contribution in [1.29, 1.82) is 5.26 Å². The summed E-state index contributed by atoms with van der Waals surface area (Å²) in [5, 5.41) is 12.2. The lowest BCUT2D eigenvalue weighted by Crippen LogP contribution is -2.27. The number of hydrogen-bond acceptors (Lipinski definition) is 3. The van der Waals surface area contributed by atoms with Crippen molar-refractivity contribution in [3.8, 4) is 6.07 Å². The predicted molar refractivity (Wildman–Crippen MR) is 64.8 cm³/mol. The zero-order valence-corrected chi connectivity index (χ0v) is 10.4. The average Bonchev–Trinajstić information content (AvgIpc) is 2.66. The lowest BCUT2D eigenvalue weighted by Gasteiger charge is -2.15. The van der Waals surface area contributed by atoms with Gasteiger partial charge in [-0.15, -0.1) is 11.3 Å². The quantitative estimate of drug-likeness (QED) is 0.831. The number of hydrogen-bond donors (Lipinski definition) is 1. The second-order valence-electron chi connectivity index (χ2n) is 4.32. The number of rotatable bonds is 5. The highest BCUT2D eigenvalue weighted by molar-refractivity contribution is 7.11. The van der Waals surface area contributed by atoms with Crippen LogP contribution in [0.5, 0.6) is 0 Å². The number of aryl methyl sites for hydroxylation is 1. The summed E-state index contributed by atoms with van der Waals surface area (Å²) in [5.74, 6) is 0. The Labute approximate surface area is 95.9 Å². The molecule has 1 N–H and O–H groups in total. The molecule has 0 spiro atoms. The predicted octanol–water partition coefficient (Wildman–Crippen LogP) is 2.95. The highest BCUT2D eigenvalue weighted by Crippen LogP contribution is 2.17. The van der Waals surface area contributed by atoms with E-state index in [1.165, 1.54) is 9.75 Å². The van der Waals surface area contributed by atoms with Crippen molar-refractivity contribution >= 4 is 11.3 Å². The van der Waals surface area contributed by atoms with Crippen LogP contribution >= 0.6 is 11.3 Å². The first-order valence-electron chi connectivity index (χ1n) is 5.27. The molecule has 1 aromatic rings. The standard InChI is InChI=1S/C12H18N2S/c1-4-10-5-6-11(15-10)7-14-9-12(2,3)8-13/h5-6,14H,4,7,9H2,1-3H3. The summed E-state index contributed by atoms with van der Waals surface area (Å²) in [6.07, 6.45) is 1.11. The third kappa shape index (κ3) is 4.03. The average molecular weight is 222 g/mol. The molecule has 0 saturated carbocycles. The van der Waals surface area contributed by atoms with Gasteiger partial charge in [0, 0.05) is 22.8 Å². The molecule has 0 aromatic carbocycles. The van der Waals surface area contributed by atoms with Crippen molar-refractivity contribution in [2.24, 2.45) is 5.41 Å². The smallest absolute Gasteiger partial charge is 0.0697 e. The Bertz CT molecular complexity index is 347. The third-order valence-electron chi connectivity index (χ3n) is 2.23. The van der Waals surface area contributed by atoms with Crippen LogP contribution in [-0.4, -0.2) is 6.54 Å². The molecule has 0 aliphatic carbocycles. The van der Waals surface area contributed by atoms with Gasteiger partial charge in [0.1, 0.15) is 0 Å². The maximum Gasteiger partial charge on any atom is 0.0697 e. The second-order valence-corrected chi connectivity index (χ2v) is 5.57. The Morgan fingerprint density at radius 3 is 2.60 bits per heavy atom. The molecule has 0 bridgehead atoms. The Balaban J connectivity index is 2.35. The molecule has 0 amide bonds. The van der Waals surface area contributed by atoms with Crippen LogP contribution in [0.4, 0.5) is 0 Å². The Morgan fingerprint density at radius 1 is 1.40 bits per heavy atom. The van der Waals surface area contributed by atoms with Gasteiger partial charge in [-0.1, -0.05) is 6.92 Å². The molecule has 0 unspecified atom stereocenters. The minimum Gasteiger partial charge on any atom is -0.310 e. The van der Waals surface area contributed by atoms with Crippen molar-refractivity contribution < 1.29 is 0 Å². The molecule has 0 aliphatic rings. The highest BCUT2D eigenvalue weighted by Gasteiger charge is 2.15. The zero-order chi connectivity index (χ0) is 11.3. The normalized spacial score (nSPS) is 11.3. The van der Waals surface area contributed by atoms with E-state index in [0.29, 0.717) is 0 Å². The molecule has 1 heterocycles. The monoisotopic (exact) mass is 222 g/mol. The molecule has 0 aliphatic heterocycles. The molecule has 0 atom stereocenters. The van der Waals surface area contributed by atoms with Crippen LogP contribution in [-0.2, 0) is 13.0 Å². The van der Waals surface area contributed by atoms with Crippen LogP contribution in [0, 0.1) is 16.7 Å². The van der Waals surface area contributed by atoms with Gasteiger partial charge in [0.2, 0.25) is 0 Å². The molecule has 15 heavy (non-hydrogen) atoms. The van der Waals surface area contributed by atoms with Crippen molar-refractivity contribution in [3.05, 3.63) is 21.9 Å². The van der Waals surface area contributed by atoms with E-state index in [1.807, 2.05) is 25.2 Å². The summed E-state index contributed by atoms with van der Waals surface area (Å²) in [7, 11) is 0. The van der Waals surface area contributed by atoms with Crippen molar-refractivity contribution in [1.82, 2.24) is 5.32 Å². The molecule has 1 aromatic heterocycles. The summed E-state index contributed by atoms with van der Waals surface area (Å²) < 4.78 is 0. The third-order valence-corrected chi connectivity index (χ3v) is 3.46. The Hall–Kier alpha value is -0.850. The van der Waals surface area contributed by atoms with Gasteiger partial charge in [0.05, 0.1) is 11.5 Å². The van der Waals surface area contributed by atoms with Crippen LogP contribution in [0.25, 0.3) is 0 Å². The Kier molecular flexibility index (Phi) is 4.31. The van der Waals surface area contributed by atoms with Crippen LogP contribution in [0.2, 0.25) is 0 Å². The molecule has 0 radical (unpaired) electrons. The number of nitriles is 1. The van der Waals surface area contributed by atoms with E-state index in [9.17, 15) is 0 Å². The van der Waals surface area contributed by atoms with Gasteiger partial charge in [-0.05, 0) is 32.4 Å². The van der Waals surface area contributed by atoms with Crippen LogP contribution in [0.15, 0.2) is 12.1 Å². The van der Waals surface area contributed by atoms with Gasteiger partial charge >= 0.3 is 0 Å². The number of nitrogens with zero attached hydrogens (tertiary/aromatic N) is 1. The van der Waals surface area contributed by atoms with E-state index >= 15 is 0 Å². The fourth-order valence-corrected chi connectivity index (χ4v) is 2.17. The maximum atomic E-state index is 8.85. The van der Waals surface area contributed by atoms with E-state index in [0.717, 1.165) is 19.5 Å². The molecule has 3 heteroatoms. The van der Waals surface area contributed by atoms with Crippen molar-refractivity contribution in [2.75, 3.05) is 6.54 Å². The molecular weight excluding hydrogens is 204 g/mol. The minimum absolute atomic E-state index is 0.273. The zero-order valence-electron chi connectivity index (χ0n) is 9.63. The highest BCUT2D eigenvalue weighted by atomic mass is 32.1. The van der Waals surface area contributed by atoms with Crippen LogP contribution in [0.1, 0.15) is 30.5 Å². The fourth-order valence-electron chi connectivity index (χ4n) is 1.25. The summed E-state index contributed by atoms with van der Waals surface area (Å²) in [6.45, 7) is 7.68. The van der Waals surface area contributed by atoms with E-state index in [-0.39, 0.29) is 5.41 Å². The molecule has 0 fully saturated rings. The molecule has 2 nitrogen and oxygen atoms in total. The van der Waals surface area contributed by atoms with Gasteiger partial charge < -0.3 is 5.32 Å². The molecule has 1 rings (SSSR count). The van der Waals surface area contributed by atoms with Gasteiger partial charge in [-0.3, -0.25) is 0 Å². The number of nitrogens with one attached hydrogen (secondary N) is 1. The fraction of sp³-hybridized carbons (Fsp3) is 0.583. The topological polar surface area (TPSA) is 35.8 Å². The lowest BCUT2D eigenvalue weighted by molar-refractivity contribution is 0.446. The maximum absolute atomic E-state index is 8.85. The van der Waals surface area contributed by atoms with E-state index < -0.39 is 0 Å². The summed E-state index contributed by atoms with van der Waals surface area (Å²) in [4.78, 5) is 2.77. The van der Waals surface area contributed by atoms with E-state index in [2.05, 4.69) is 30.4 Å². The van der Waals surface area contributed by atoms with E-state index in [1.54, 1.807) is 0 Å². The second kappa shape index (κ2) is 5.29. The van der Waals surface area contributed by atoms with Crippen LogP contribution in [0.3, 0.4) is 0 Å². The largest absolute Gasteiger partial charge is 0.310 e. The first-order valence-corrected chi connectivity index (χ1v) is 6.08. The van der Waals surface area contributed by atoms with Gasteiger partial charge in [-0.25, -0.2) is 0 Å². The summed E-state index contributed by atoms with van der Waals surface area (Å²) >= 11 is 1.85. The van der Waals surface area contributed by atoms with E-state index in [4.69, 9.17) is 5.26 Å². The van der Waals surface area contributed by atoms with Gasteiger partial charge in [-0.2, -0.15) is 5.26 Å². The van der Waals surface area contributed by atoms with Gasteiger partial charge in [0.15, 0.2) is 0 Å². The first kappa shape index (κ1) is 12.2. The van der Waals surface area contributed by atoms with Gasteiger partial charge in [0.25, 0.3) is 0 Å². The molecular formula is C12H18N2S. The molecule has 0 saturated heterocycles. The summed E-state index contributed by atoms with van der Waals surface area (Å²) in [6, 6.07) is 6.63. The first-order chi connectivity index (χ1) is 7.07. The van der Waals surface area contributed by atoms with Crippen LogP contribution < -0.4 is 5.32 Å². The Morgan fingerprint density at radius 2 is 2.07 bits per heavy atom. The minimum atomic E-state index is -0.273. The van der Waals surface area contributed by atoms with Crippen molar-refractivity contribution in [3.63, 3.8) is 0 Å². The SMILES string of the molecule is CCc1ccc(CNCC(C)(C)C#N)s1. The molecule has 82 valence electrons. The van der Waals surface area contributed by atoms with Crippen molar-refractivity contribution in [2.45, 2.75) is 33.7 Å². The summed E-state index contributed by atoms with van der Waals surface area (Å²) in [5.41, 5.74) is -0.273. The lowest BCUT2D eigenvalue weighted by atomic mass is 9.96.